The van der Waals surface area contributed by atoms with Crippen LogP contribution in [0.5, 0.6) is 11.5 Å². The number of nitrogens with zero attached hydrogens (tertiary/aromatic N) is 1. The normalized spacial score (nSPS) is 15.6. The predicted octanol–water partition coefficient (Wildman–Crippen LogP) is 3.59. The second-order valence-electron chi connectivity index (χ2n) is 8.07. The van der Waals surface area contributed by atoms with Crippen LogP contribution in [-0.2, 0) is 21.5 Å². The monoisotopic (exact) mass is 448 g/mol. The molecular weight excluding hydrogens is 418 g/mol. The molecule has 3 rings (SSSR count). The van der Waals surface area contributed by atoms with E-state index < -0.39 is 6.61 Å². The van der Waals surface area contributed by atoms with Gasteiger partial charge in [0, 0.05) is 31.7 Å². The maximum atomic E-state index is 12.6. The van der Waals surface area contributed by atoms with Gasteiger partial charge in [-0.2, -0.15) is 8.78 Å². The third-order valence-electron chi connectivity index (χ3n) is 5.77. The zero-order chi connectivity index (χ0) is 23.0. The van der Waals surface area contributed by atoms with Gasteiger partial charge in [0.1, 0.15) is 0 Å². The Kier molecular flexibility index (Phi) is 8.41. The lowest BCUT2D eigenvalue weighted by Crippen LogP contribution is -2.46. The number of halogens is 2. The fraction of sp³-hybridized carbons (Fsp3) is 0.458. The highest BCUT2D eigenvalue weighted by Crippen LogP contribution is 2.34. The van der Waals surface area contributed by atoms with Crippen molar-refractivity contribution in [3.05, 3.63) is 59.7 Å². The Morgan fingerprint density at radius 1 is 1.16 bits per heavy atom. The van der Waals surface area contributed by atoms with Gasteiger partial charge in [-0.1, -0.05) is 36.4 Å². The molecule has 0 unspecified atom stereocenters. The van der Waals surface area contributed by atoms with E-state index in [0.717, 1.165) is 18.4 Å². The number of hydrogen-bond donors (Lipinski definition) is 1. The maximum absolute atomic E-state index is 12.6. The minimum Gasteiger partial charge on any atom is -0.493 e. The van der Waals surface area contributed by atoms with Crippen LogP contribution in [0, 0.1) is 0 Å². The van der Waals surface area contributed by atoms with Crippen molar-refractivity contribution in [1.29, 1.82) is 0 Å². The second-order valence-corrected chi connectivity index (χ2v) is 8.07. The predicted molar refractivity (Wildman–Crippen MR) is 117 cm³/mol. The zero-order valence-corrected chi connectivity index (χ0v) is 18.5. The largest absolute Gasteiger partial charge is 0.493 e. The van der Waals surface area contributed by atoms with E-state index in [2.05, 4.69) is 22.2 Å². The van der Waals surface area contributed by atoms with E-state index in [0.29, 0.717) is 26.3 Å². The van der Waals surface area contributed by atoms with Gasteiger partial charge in [0.25, 0.3) is 0 Å². The number of nitrogens with one attached hydrogen (secondary N) is 1. The molecule has 1 aliphatic rings. The molecule has 1 saturated heterocycles. The molecule has 1 aliphatic heterocycles. The van der Waals surface area contributed by atoms with Crippen molar-refractivity contribution in [2.24, 2.45) is 0 Å². The van der Waals surface area contributed by atoms with E-state index >= 15 is 0 Å². The number of alkyl halides is 2. The molecule has 0 atom stereocenters. The lowest BCUT2D eigenvalue weighted by molar-refractivity contribution is -0.122. The van der Waals surface area contributed by atoms with Gasteiger partial charge in [-0.05, 0) is 43.1 Å². The third kappa shape index (κ3) is 6.40. The zero-order valence-electron chi connectivity index (χ0n) is 18.5. The number of likely N-dealkylation sites (N-methyl/N-ethyl adjacent to an activating group) is 1. The van der Waals surface area contributed by atoms with Crippen molar-refractivity contribution in [2.75, 3.05) is 40.5 Å². The topological polar surface area (TPSA) is 60.0 Å². The molecule has 1 fully saturated rings. The van der Waals surface area contributed by atoms with Gasteiger partial charge < -0.3 is 19.5 Å². The number of carbonyl (C=O) groups excluding carboxylic acids is 1. The number of rotatable bonds is 10. The molecule has 0 aliphatic carbocycles. The summed E-state index contributed by atoms with van der Waals surface area (Å²) in [6.45, 7) is -0.345. The number of hydrogen-bond acceptors (Lipinski definition) is 5. The van der Waals surface area contributed by atoms with E-state index in [4.69, 9.17) is 9.47 Å². The second kappa shape index (κ2) is 11.2. The Hall–Kier alpha value is -2.71. The molecule has 1 amide bonds. The van der Waals surface area contributed by atoms with Crippen LogP contribution in [-0.4, -0.2) is 57.9 Å². The Balaban J connectivity index is 1.56. The van der Waals surface area contributed by atoms with E-state index in [-0.39, 0.29) is 29.4 Å². The van der Waals surface area contributed by atoms with Crippen LogP contribution in [0.15, 0.2) is 48.5 Å². The molecule has 6 nitrogen and oxygen atoms in total. The quantitative estimate of drug-likeness (QED) is 0.602. The lowest BCUT2D eigenvalue weighted by atomic mass is 9.74. The average molecular weight is 449 g/mol. The van der Waals surface area contributed by atoms with Gasteiger partial charge >= 0.3 is 6.61 Å². The van der Waals surface area contributed by atoms with Gasteiger partial charge in [0.05, 0.1) is 13.7 Å². The van der Waals surface area contributed by atoms with Crippen LogP contribution in [0.1, 0.15) is 24.0 Å². The summed E-state index contributed by atoms with van der Waals surface area (Å²) in [5.74, 6) is 0.137. The van der Waals surface area contributed by atoms with Crippen molar-refractivity contribution < 1.29 is 27.8 Å². The molecular formula is C24H30F2N2O4. The average Bonchev–Trinajstić information content (AvgIpc) is 2.79. The molecule has 0 saturated carbocycles. The summed E-state index contributed by atoms with van der Waals surface area (Å²) < 4.78 is 40.1. The maximum Gasteiger partial charge on any atom is 0.387 e. The first kappa shape index (κ1) is 23.9. The van der Waals surface area contributed by atoms with Crippen LogP contribution >= 0.6 is 0 Å². The summed E-state index contributed by atoms with van der Waals surface area (Å²) in [5.41, 5.74) is 1.92. The van der Waals surface area contributed by atoms with Crippen molar-refractivity contribution >= 4 is 5.91 Å². The molecule has 2 aromatic rings. The first-order valence-electron chi connectivity index (χ1n) is 10.6. The summed E-state index contributed by atoms with van der Waals surface area (Å²) in [4.78, 5) is 14.5. The Morgan fingerprint density at radius 3 is 2.53 bits per heavy atom. The lowest BCUT2D eigenvalue weighted by Gasteiger charge is -2.38. The SMILES string of the molecule is COc1cc(CN(C)CC(=O)NCC2(c3ccccc3)CCOCC2)ccc1OC(F)F. The van der Waals surface area contributed by atoms with Crippen molar-refractivity contribution in [3.63, 3.8) is 0 Å². The van der Waals surface area contributed by atoms with Crippen molar-refractivity contribution in [1.82, 2.24) is 10.2 Å². The van der Waals surface area contributed by atoms with Gasteiger partial charge in [-0.15, -0.1) is 0 Å². The molecule has 0 spiro atoms. The first-order chi connectivity index (χ1) is 15.4. The van der Waals surface area contributed by atoms with Crippen LogP contribution < -0.4 is 14.8 Å². The van der Waals surface area contributed by atoms with Crippen LogP contribution in [0.3, 0.4) is 0 Å². The minimum absolute atomic E-state index is 0.0192. The molecule has 2 aromatic carbocycles. The standard InChI is InChI=1S/C24H30F2N2O4/c1-28(15-18-8-9-20(32-23(25)26)21(14-18)30-2)16-22(29)27-17-24(10-12-31-13-11-24)19-6-4-3-5-7-19/h3-9,14,23H,10-13,15-17H2,1-2H3,(H,27,29). The Labute approximate surface area is 187 Å². The van der Waals surface area contributed by atoms with E-state index in [1.165, 1.54) is 18.7 Å². The first-order valence-corrected chi connectivity index (χ1v) is 10.6. The number of methoxy groups -OCH3 is 1. The smallest absolute Gasteiger partial charge is 0.387 e. The molecule has 8 heteroatoms. The molecule has 0 bridgehead atoms. The van der Waals surface area contributed by atoms with Crippen molar-refractivity contribution in [2.45, 2.75) is 31.4 Å². The number of benzene rings is 2. The molecule has 32 heavy (non-hydrogen) atoms. The summed E-state index contributed by atoms with van der Waals surface area (Å²) in [6, 6.07) is 15.0. The summed E-state index contributed by atoms with van der Waals surface area (Å²) in [7, 11) is 3.23. The summed E-state index contributed by atoms with van der Waals surface area (Å²) in [5, 5.41) is 3.10. The summed E-state index contributed by atoms with van der Waals surface area (Å²) in [6.07, 6.45) is 1.72. The van der Waals surface area contributed by atoms with Crippen LogP contribution in [0.2, 0.25) is 0 Å². The third-order valence-corrected chi connectivity index (χ3v) is 5.77. The van der Waals surface area contributed by atoms with Gasteiger partial charge in [-0.25, -0.2) is 0 Å². The van der Waals surface area contributed by atoms with Gasteiger partial charge in [0.2, 0.25) is 5.91 Å². The van der Waals surface area contributed by atoms with Crippen LogP contribution in [0.4, 0.5) is 8.78 Å². The number of amides is 1. The molecule has 1 heterocycles. The van der Waals surface area contributed by atoms with E-state index in [1.807, 2.05) is 30.1 Å². The highest BCUT2D eigenvalue weighted by molar-refractivity contribution is 5.78. The number of ether oxygens (including phenoxy) is 3. The minimum atomic E-state index is -2.92. The number of carbonyl (C=O) groups is 1. The van der Waals surface area contributed by atoms with Gasteiger partial charge in [-0.3, -0.25) is 9.69 Å². The summed E-state index contributed by atoms with van der Waals surface area (Å²) >= 11 is 0. The van der Waals surface area contributed by atoms with Crippen LogP contribution in [0.25, 0.3) is 0 Å². The van der Waals surface area contributed by atoms with Gasteiger partial charge in [0.15, 0.2) is 11.5 Å². The Morgan fingerprint density at radius 2 is 1.88 bits per heavy atom. The fourth-order valence-electron chi connectivity index (χ4n) is 4.06. The highest BCUT2D eigenvalue weighted by Gasteiger charge is 2.34. The highest BCUT2D eigenvalue weighted by atomic mass is 19.3. The molecule has 0 radical (unpaired) electrons. The van der Waals surface area contributed by atoms with E-state index in [1.54, 1.807) is 12.1 Å². The van der Waals surface area contributed by atoms with E-state index in [9.17, 15) is 13.6 Å². The fourth-order valence-corrected chi connectivity index (χ4v) is 4.06. The molecule has 174 valence electrons. The molecule has 0 aromatic heterocycles. The molecule has 1 N–H and O–H groups in total. The Bertz CT molecular complexity index is 874. The van der Waals surface area contributed by atoms with Crippen molar-refractivity contribution in [3.8, 4) is 11.5 Å².